The summed E-state index contributed by atoms with van der Waals surface area (Å²) in [6.45, 7) is 0.201. The van der Waals surface area contributed by atoms with Crippen LogP contribution in [0.15, 0.2) is 27.6 Å². The molecule has 1 fully saturated rings. The molecule has 21 heavy (non-hydrogen) atoms. The van der Waals surface area contributed by atoms with Crippen LogP contribution in [0.5, 0.6) is 0 Å². The summed E-state index contributed by atoms with van der Waals surface area (Å²) in [4.78, 5) is 11.5. The van der Waals surface area contributed by atoms with Gasteiger partial charge in [0.05, 0.1) is 5.69 Å². The number of nitrogen functional groups attached to an aromatic ring is 1. The van der Waals surface area contributed by atoms with Gasteiger partial charge in [0.25, 0.3) is 0 Å². The van der Waals surface area contributed by atoms with E-state index >= 15 is 0 Å². The van der Waals surface area contributed by atoms with Crippen LogP contribution in [0.2, 0.25) is 0 Å². The number of anilines is 1. The van der Waals surface area contributed by atoms with E-state index in [1.165, 1.54) is 12.1 Å². The number of hydrogen-bond donors (Lipinski definition) is 3. The van der Waals surface area contributed by atoms with E-state index in [1.807, 2.05) is 0 Å². The first-order valence-electron chi connectivity index (χ1n) is 6.72. The van der Waals surface area contributed by atoms with Crippen LogP contribution in [0.4, 0.5) is 5.69 Å². The minimum atomic E-state index is -3.66. The standard InChI is InChI=1S/C13H18BrN3O3S/c14-9-3-6-11(15)12(8-9)21(19,20)16-7-1-2-13(18)17-10-4-5-10/h3,6,8,10,16H,1-2,4-5,7,15H2,(H,17,18). The molecule has 0 bridgehead atoms. The predicted molar refractivity (Wildman–Crippen MR) is 84.1 cm³/mol. The third-order valence-corrected chi connectivity index (χ3v) is 5.09. The Hall–Kier alpha value is -1.12. The lowest BCUT2D eigenvalue weighted by molar-refractivity contribution is -0.121. The van der Waals surface area contributed by atoms with Crippen LogP contribution in [0.25, 0.3) is 0 Å². The molecule has 4 N–H and O–H groups in total. The fraction of sp³-hybridized carbons (Fsp3) is 0.462. The lowest BCUT2D eigenvalue weighted by Crippen LogP contribution is -2.28. The van der Waals surface area contributed by atoms with Crippen molar-refractivity contribution < 1.29 is 13.2 Å². The Bertz CT molecular complexity index is 630. The van der Waals surface area contributed by atoms with E-state index in [2.05, 4.69) is 26.0 Å². The van der Waals surface area contributed by atoms with Crippen molar-refractivity contribution in [2.75, 3.05) is 12.3 Å². The molecule has 0 aliphatic heterocycles. The van der Waals surface area contributed by atoms with Crippen molar-refractivity contribution in [3.63, 3.8) is 0 Å². The normalized spacial score (nSPS) is 14.9. The predicted octanol–water partition coefficient (Wildman–Crippen LogP) is 1.37. The van der Waals surface area contributed by atoms with Gasteiger partial charge in [-0.3, -0.25) is 4.79 Å². The summed E-state index contributed by atoms with van der Waals surface area (Å²) in [7, 11) is -3.66. The second-order valence-electron chi connectivity index (χ2n) is 5.03. The number of sulfonamides is 1. The molecule has 1 aliphatic carbocycles. The number of amides is 1. The largest absolute Gasteiger partial charge is 0.398 e. The molecule has 0 heterocycles. The van der Waals surface area contributed by atoms with Gasteiger partial charge in [0.1, 0.15) is 4.90 Å². The van der Waals surface area contributed by atoms with Crippen LogP contribution in [-0.4, -0.2) is 26.9 Å². The summed E-state index contributed by atoms with van der Waals surface area (Å²) in [5, 5.41) is 2.86. The van der Waals surface area contributed by atoms with E-state index in [0.717, 1.165) is 12.8 Å². The van der Waals surface area contributed by atoms with E-state index < -0.39 is 10.0 Å². The first-order chi connectivity index (χ1) is 9.88. The molecule has 0 saturated heterocycles. The van der Waals surface area contributed by atoms with Crippen LogP contribution in [0.3, 0.4) is 0 Å². The Morgan fingerprint density at radius 3 is 2.76 bits per heavy atom. The fourth-order valence-corrected chi connectivity index (χ4v) is 3.54. The lowest BCUT2D eigenvalue weighted by atomic mass is 10.3. The first kappa shape index (κ1) is 16.3. The molecule has 8 heteroatoms. The zero-order valence-corrected chi connectivity index (χ0v) is 13.8. The van der Waals surface area contributed by atoms with E-state index in [1.54, 1.807) is 6.07 Å². The van der Waals surface area contributed by atoms with E-state index in [0.29, 0.717) is 23.4 Å². The number of nitrogens with one attached hydrogen (secondary N) is 2. The highest BCUT2D eigenvalue weighted by molar-refractivity contribution is 9.10. The maximum Gasteiger partial charge on any atom is 0.242 e. The first-order valence-corrected chi connectivity index (χ1v) is 9.00. The molecule has 0 atom stereocenters. The van der Waals surface area contributed by atoms with Crippen molar-refractivity contribution in [1.82, 2.24) is 10.0 Å². The number of nitrogens with two attached hydrogens (primary N) is 1. The van der Waals surface area contributed by atoms with E-state index in [9.17, 15) is 13.2 Å². The van der Waals surface area contributed by atoms with Gasteiger partial charge in [-0.25, -0.2) is 13.1 Å². The highest BCUT2D eigenvalue weighted by Crippen LogP contribution is 2.22. The molecule has 2 rings (SSSR count). The van der Waals surface area contributed by atoms with Crippen LogP contribution in [0, 0.1) is 0 Å². The molecule has 1 amide bonds. The Morgan fingerprint density at radius 1 is 1.38 bits per heavy atom. The summed E-state index contributed by atoms with van der Waals surface area (Å²) < 4.78 is 27.3. The van der Waals surface area contributed by atoms with Gasteiger partial charge in [0.2, 0.25) is 15.9 Å². The SMILES string of the molecule is Nc1ccc(Br)cc1S(=O)(=O)NCCCC(=O)NC1CC1. The van der Waals surface area contributed by atoms with Gasteiger partial charge in [-0.2, -0.15) is 0 Å². The van der Waals surface area contributed by atoms with Crippen LogP contribution in [0.1, 0.15) is 25.7 Å². The summed E-state index contributed by atoms with van der Waals surface area (Å²) in [6, 6.07) is 4.99. The number of carbonyl (C=O) groups excluding carboxylic acids is 1. The summed E-state index contributed by atoms with van der Waals surface area (Å²) in [5.41, 5.74) is 5.88. The van der Waals surface area contributed by atoms with Gasteiger partial charge < -0.3 is 11.1 Å². The van der Waals surface area contributed by atoms with Crippen molar-refractivity contribution in [2.24, 2.45) is 0 Å². The Balaban J connectivity index is 1.83. The molecular weight excluding hydrogens is 358 g/mol. The van der Waals surface area contributed by atoms with E-state index in [4.69, 9.17) is 5.73 Å². The topological polar surface area (TPSA) is 101 Å². The fourth-order valence-electron chi connectivity index (χ4n) is 1.80. The Labute approximate surface area is 132 Å². The maximum atomic E-state index is 12.1. The Kier molecular flexibility index (Phi) is 5.23. The zero-order valence-electron chi connectivity index (χ0n) is 11.4. The number of benzene rings is 1. The van der Waals surface area contributed by atoms with Crippen molar-refractivity contribution in [2.45, 2.75) is 36.6 Å². The third kappa shape index (κ3) is 4.98. The molecule has 6 nitrogen and oxygen atoms in total. The summed E-state index contributed by atoms with van der Waals surface area (Å²) in [6.07, 6.45) is 2.85. The van der Waals surface area contributed by atoms with Crippen LogP contribution < -0.4 is 15.8 Å². The number of carbonyl (C=O) groups is 1. The molecule has 0 unspecified atom stereocenters. The number of rotatable bonds is 7. The smallest absolute Gasteiger partial charge is 0.242 e. The van der Waals surface area contributed by atoms with Gasteiger partial charge in [-0.1, -0.05) is 15.9 Å². The van der Waals surface area contributed by atoms with Gasteiger partial charge in [0, 0.05) is 23.5 Å². The average Bonchev–Trinajstić information content (AvgIpc) is 3.21. The van der Waals surface area contributed by atoms with Gasteiger partial charge in [-0.15, -0.1) is 0 Å². The summed E-state index contributed by atoms with van der Waals surface area (Å²) in [5.74, 6) is -0.0290. The monoisotopic (exact) mass is 375 g/mol. The highest BCUT2D eigenvalue weighted by atomic mass is 79.9. The molecule has 1 aromatic rings. The Morgan fingerprint density at radius 2 is 2.10 bits per heavy atom. The minimum Gasteiger partial charge on any atom is -0.398 e. The van der Waals surface area contributed by atoms with E-state index in [-0.39, 0.29) is 23.0 Å². The second kappa shape index (κ2) is 6.76. The minimum absolute atomic E-state index is 0.0290. The molecule has 0 radical (unpaired) electrons. The summed E-state index contributed by atoms with van der Waals surface area (Å²) >= 11 is 3.22. The van der Waals surface area contributed by atoms with Gasteiger partial charge >= 0.3 is 0 Å². The molecule has 0 aromatic heterocycles. The quantitative estimate of drug-likeness (QED) is 0.494. The van der Waals surface area contributed by atoms with Crippen LogP contribution in [-0.2, 0) is 14.8 Å². The van der Waals surface area contributed by atoms with Crippen molar-refractivity contribution in [3.8, 4) is 0 Å². The highest BCUT2D eigenvalue weighted by Gasteiger charge is 2.23. The zero-order chi connectivity index (χ0) is 15.5. The molecule has 1 saturated carbocycles. The molecule has 0 spiro atoms. The molecule has 1 aliphatic rings. The van der Waals surface area contributed by atoms with Crippen molar-refractivity contribution >= 4 is 37.5 Å². The molecular formula is C13H18BrN3O3S. The average molecular weight is 376 g/mol. The third-order valence-electron chi connectivity index (χ3n) is 3.08. The number of hydrogen-bond acceptors (Lipinski definition) is 4. The maximum absolute atomic E-state index is 12.1. The molecule has 1 aromatic carbocycles. The lowest BCUT2D eigenvalue weighted by Gasteiger charge is -2.09. The van der Waals surface area contributed by atoms with Gasteiger partial charge in [0.15, 0.2) is 0 Å². The van der Waals surface area contributed by atoms with Gasteiger partial charge in [-0.05, 0) is 37.5 Å². The van der Waals surface area contributed by atoms with Crippen molar-refractivity contribution in [1.29, 1.82) is 0 Å². The second-order valence-corrected chi connectivity index (χ2v) is 7.68. The van der Waals surface area contributed by atoms with Crippen LogP contribution >= 0.6 is 15.9 Å². The molecule has 116 valence electrons. The number of halogens is 1. The van der Waals surface area contributed by atoms with Crippen molar-refractivity contribution in [3.05, 3.63) is 22.7 Å².